The highest BCUT2D eigenvalue weighted by molar-refractivity contribution is 5.95. The molecule has 0 fully saturated rings. The highest BCUT2D eigenvalue weighted by atomic mass is 16.5. The number of carbonyl (C=O) groups is 1. The Bertz CT molecular complexity index is 992. The Labute approximate surface area is 138 Å². The second-order valence-electron chi connectivity index (χ2n) is 5.28. The van der Waals surface area contributed by atoms with Crippen molar-refractivity contribution < 1.29 is 14.3 Å². The molecule has 0 bridgehead atoms. The van der Waals surface area contributed by atoms with Gasteiger partial charge in [0.25, 0.3) is 5.56 Å². The van der Waals surface area contributed by atoms with Crippen LogP contribution in [0.2, 0.25) is 0 Å². The number of aromatic nitrogens is 2. The van der Waals surface area contributed by atoms with E-state index in [9.17, 15) is 9.59 Å². The number of ketones is 1. The summed E-state index contributed by atoms with van der Waals surface area (Å²) < 4.78 is 10.5. The van der Waals surface area contributed by atoms with Gasteiger partial charge in [-0.15, -0.1) is 0 Å². The average Bonchev–Trinajstić information content (AvgIpc) is 2.60. The monoisotopic (exact) mass is 324 g/mol. The van der Waals surface area contributed by atoms with Crippen LogP contribution < -0.4 is 15.0 Å². The van der Waals surface area contributed by atoms with Crippen LogP contribution in [0.3, 0.4) is 0 Å². The third-order valence-corrected chi connectivity index (χ3v) is 3.75. The maximum atomic E-state index is 12.4. The van der Waals surface area contributed by atoms with Crippen LogP contribution in [0.5, 0.6) is 11.5 Å². The maximum Gasteiger partial charge on any atom is 0.259 e. The number of fused-ring (bicyclic) bond motifs is 1. The minimum Gasteiger partial charge on any atom is -0.493 e. The Kier molecular flexibility index (Phi) is 4.04. The average molecular weight is 324 g/mol. The highest BCUT2D eigenvalue weighted by Gasteiger charge is 2.12. The number of nitrogens with zero attached hydrogens (tertiary/aromatic N) is 1. The topological polar surface area (TPSA) is 81.3 Å². The fourth-order valence-electron chi connectivity index (χ4n) is 2.49. The minimum absolute atomic E-state index is 0.0496. The number of rotatable bonds is 4. The van der Waals surface area contributed by atoms with Crippen molar-refractivity contribution in [1.29, 1.82) is 0 Å². The van der Waals surface area contributed by atoms with E-state index in [4.69, 9.17) is 9.47 Å². The molecule has 0 saturated carbocycles. The SMILES string of the molecule is COc1cc2nc(-c3cccc(C(C)=O)c3)[nH]c(=O)c2cc1OC. The highest BCUT2D eigenvalue weighted by Crippen LogP contribution is 2.30. The lowest BCUT2D eigenvalue weighted by Gasteiger charge is -2.09. The fourth-order valence-corrected chi connectivity index (χ4v) is 2.49. The van der Waals surface area contributed by atoms with Crippen molar-refractivity contribution in [3.8, 4) is 22.9 Å². The summed E-state index contributed by atoms with van der Waals surface area (Å²) in [7, 11) is 3.03. The molecule has 0 aliphatic heterocycles. The second kappa shape index (κ2) is 6.16. The van der Waals surface area contributed by atoms with E-state index in [0.29, 0.717) is 39.4 Å². The zero-order valence-electron chi connectivity index (χ0n) is 13.5. The normalized spacial score (nSPS) is 10.6. The Morgan fingerprint density at radius 1 is 1.08 bits per heavy atom. The molecule has 3 aromatic rings. The Hall–Kier alpha value is -3.15. The lowest BCUT2D eigenvalue weighted by Crippen LogP contribution is -2.10. The molecule has 0 atom stereocenters. The van der Waals surface area contributed by atoms with E-state index >= 15 is 0 Å². The van der Waals surface area contributed by atoms with Gasteiger partial charge in [-0.1, -0.05) is 18.2 Å². The van der Waals surface area contributed by atoms with E-state index in [2.05, 4.69) is 9.97 Å². The van der Waals surface area contributed by atoms with Crippen LogP contribution >= 0.6 is 0 Å². The molecule has 1 N–H and O–H groups in total. The quantitative estimate of drug-likeness (QED) is 0.746. The molecule has 6 heteroatoms. The van der Waals surface area contributed by atoms with Gasteiger partial charge in [-0.3, -0.25) is 9.59 Å². The van der Waals surface area contributed by atoms with Gasteiger partial charge in [-0.05, 0) is 19.1 Å². The van der Waals surface area contributed by atoms with Crippen LogP contribution in [0, 0.1) is 0 Å². The van der Waals surface area contributed by atoms with Gasteiger partial charge in [0, 0.05) is 17.2 Å². The van der Waals surface area contributed by atoms with Crippen molar-refractivity contribution in [3.05, 3.63) is 52.3 Å². The Morgan fingerprint density at radius 3 is 2.46 bits per heavy atom. The number of methoxy groups -OCH3 is 2. The van der Waals surface area contributed by atoms with Gasteiger partial charge in [0.2, 0.25) is 0 Å². The molecule has 3 rings (SSSR count). The van der Waals surface area contributed by atoms with E-state index in [1.54, 1.807) is 36.4 Å². The number of aromatic amines is 1. The summed E-state index contributed by atoms with van der Waals surface area (Å²) in [6.07, 6.45) is 0. The maximum absolute atomic E-state index is 12.4. The van der Waals surface area contributed by atoms with Crippen LogP contribution in [-0.4, -0.2) is 30.0 Å². The van der Waals surface area contributed by atoms with Gasteiger partial charge < -0.3 is 14.5 Å². The molecule has 1 heterocycles. The number of carbonyl (C=O) groups excluding carboxylic acids is 1. The van der Waals surface area contributed by atoms with Gasteiger partial charge >= 0.3 is 0 Å². The minimum atomic E-state index is -0.288. The fraction of sp³-hybridized carbons (Fsp3) is 0.167. The van der Waals surface area contributed by atoms with Crippen molar-refractivity contribution in [3.63, 3.8) is 0 Å². The number of Topliss-reactive ketones (excluding diaryl/α,β-unsaturated/α-hetero) is 1. The molecular formula is C18H16N2O4. The first-order valence-corrected chi connectivity index (χ1v) is 7.31. The van der Waals surface area contributed by atoms with E-state index in [0.717, 1.165) is 0 Å². The molecule has 0 amide bonds. The summed E-state index contributed by atoms with van der Waals surface area (Å²) in [4.78, 5) is 31.2. The summed E-state index contributed by atoms with van der Waals surface area (Å²) in [6, 6.07) is 10.2. The first-order chi connectivity index (χ1) is 11.5. The largest absolute Gasteiger partial charge is 0.493 e. The third-order valence-electron chi connectivity index (χ3n) is 3.75. The molecule has 2 aromatic carbocycles. The molecule has 0 aliphatic rings. The molecular weight excluding hydrogens is 308 g/mol. The smallest absolute Gasteiger partial charge is 0.259 e. The molecule has 122 valence electrons. The number of nitrogens with one attached hydrogen (secondary N) is 1. The van der Waals surface area contributed by atoms with Crippen LogP contribution in [-0.2, 0) is 0 Å². The summed E-state index contributed by atoms with van der Waals surface area (Å²) in [6.45, 7) is 1.49. The van der Waals surface area contributed by atoms with Crippen molar-refractivity contribution in [1.82, 2.24) is 9.97 Å². The van der Waals surface area contributed by atoms with Crippen molar-refractivity contribution in [2.75, 3.05) is 14.2 Å². The predicted molar refractivity (Wildman–Crippen MR) is 90.9 cm³/mol. The van der Waals surface area contributed by atoms with Crippen molar-refractivity contribution in [2.24, 2.45) is 0 Å². The Morgan fingerprint density at radius 2 is 1.79 bits per heavy atom. The van der Waals surface area contributed by atoms with Crippen molar-refractivity contribution >= 4 is 16.7 Å². The zero-order chi connectivity index (χ0) is 17.3. The molecule has 0 saturated heterocycles. The molecule has 0 aliphatic carbocycles. The van der Waals surface area contributed by atoms with Gasteiger partial charge in [-0.2, -0.15) is 0 Å². The van der Waals surface area contributed by atoms with Crippen LogP contribution in [0.1, 0.15) is 17.3 Å². The number of H-pyrrole nitrogens is 1. The van der Waals surface area contributed by atoms with Crippen LogP contribution in [0.25, 0.3) is 22.3 Å². The summed E-state index contributed by atoms with van der Waals surface area (Å²) in [5.74, 6) is 1.30. The summed E-state index contributed by atoms with van der Waals surface area (Å²) in [5.41, 5.74) is 1.42. The van der Waals surface area contributed by atoms with E-state index < -0.39 is 0 Å². The summed E-state index contributed by atoms with van der Waals surface area (Å²) in [5, 5.41) is 0.402. The number of hydrogen-bond acceptors (Lipinski definition) is 5. The first-order valence-electron chi connectivity index (χ1n) is 7.31. The number of benzene rings is 2. The zero-order valence-corrected chi connectivity index (χ0v) is 13.5. The molecule has 0 unspecified atom stereocenters. The molecule has 0 radical (unpaired) electrons. The Balaban J connectivity index is 2.22. The molecule has 24 heavy (non-hydrogen) atoms. The predicted octanol–water partition coefficient (Wildman–Crippen LogP) is 2.81. The van der Waals surface area contributed by atoms with Crippen LogP contribution in [0.15, 0.2) is 41.2 Å². The van der Waals surface area contributed by atoms with E-state index in [-0.39, 0.29) is 11.3 Å². The summed E-state index contributed by atoms with van der Waals surface area (Å²) >= 11 is 0. The van der Waals surface area contributed by atoms with Gasteiger partial charge in [-0.25, -0.2) is 4.98 Å². The van der Waals surface area contributed by atoms with E-state index in [1.807, 2.05) is 0 Å². The van der Waals surface area contributed by atoms with Crippen molar-refractivity contribution in [2.45, 2.75) is 6.92 Å². The van der Waals surface area contributed by atoms with Crippen LogP contribution in [0.4, 0.5) is 0 Å². The second-order valence-corrected chi connectivity index (χ2v) is 5.28. The number of ether oxygens (including phenoxy) is 2. The first kappa shape index (κ1) is 15.7. The van der Waals surface area contributed by atoms with Gasteiger partial charge in [0.05, 0.1) is 25.1 Å². The standard InChI is InChI=1S/C18H16N2O4/c1-10(21)11-5-4-6-12(7-11)17-19-14-9-16(24-3)15(23-2)8-13(14)18(22)20-17/h4-9H,1-3H3,(H,19,20,22). The molecule has 0 spiro atoms. The third kappa shape index (κ3) is 2.74. The molecule has 6 nitrogen and oxygen atoms in total. The lowest BCUT2D eigenvalue weighted by molar-refractivity contribution is 0.101. The lowest BCUT2D eigenvalue weighted by atomic mass is 10.1. The van der Waals surface area contributed by atoms with Gasteiger partial charge in [0.15, 0.2) is 17.3 Å². The van der Waals surface area contributed by atoms with E-state index in [1.165, 1.54) is 21.1 Å². The number of hydrogen-bond donors (Lipinski definition) is 1. The van der Waals surface area contributed by atoms with Gasteiger partial charge in [0.1, 0.15) is 5.82 Å². The molecule has 1 aromatic heterocycles.